The van der Waals surface area contributed by atoms with Crippen molar-refractivity contribution < 1.29 is 0 Å². The van der Waals surface area contributed by atoms with Crippen molar-refractivity contribution in [3.05, 3.63) is 157 Å². The van der Waals surface area contributed by atoms with E-state index in [4.69, 9.17) is 4.98 Å². The minimum Gasteiger partial charge on any atom is -0.309 e. The topological polar surface area (TPSA) is 17.8 Å². The minimum absolute atomic E-state index is 0.129. The number of nitrogens with zero attached hydrogens (tertiary/aromatic N) is 2. The average Bonchev–Trinajstić information content (AvgIpc) is 3.42. The molecule has 2 nitrogen and oxygen atoms in total. The smallest absolute Gasteiger partial charge is 0.0716 e. The van der Waals surface area contributed by atoms with Crippen molar-refractivity contribution in [2.24, 2.45) is 0 Å². The van der Waals surface area contributed by atoms with Crippen LogP contribution in [0.1, 0.15) is 26.3 Å². The molecule has 2 heterocycles. The first kappa shape index (κ1) is 27.1. The van der Waals surface area contributed by atoms with Gasteiger partial charge >= 0.3 is 0 Å². The lowest BCUT2D eigenvalue weighted by atomic mass is 9.86. The quantitative estimate of drug-likeness (QED) is 0.203. The maximum Gasteiger partial charge on any atom is 0.0716 e. The number of rotatable bonds is 4. The summed E-state index contributed by atoms with van der Waals surface area (Å²) >= 11 is 0. The van der Waals surface area contributed by atoms with Gasteiger partial charge in [-0.25, -0.2) is 4.98 Å². The van der Waals surface area contributed by atoms with Crippen molar-refractivity contribution in [2.75, 3.05) is 0 Å². The Bertz CT molecular complexity index is 2270. The maximum atomic E-state index is 5.20. The summed E-state index contributed by atoms with van der Waals surface area (Å²) in [6.07, 6.45) is 0. The molecule has 0 radical (unpaired) electrons. The van der Waals surface area contributed by atoms with E-state index in [0.29, 0.717) is 0 Å². The summed E-state index contributed by atoms with van der Waals surface area (Å²) in [5.74, 6) is 0. The van der Waals surface area contributed by atoms with Crippen LogP contribution in [0.4, 0.5) is 0 Å². The van der Waals surface area contributed by atoms with Crippen molar-refractivity contribution in [2.45, 2.75) is 26.2 Å². The number of aromatic nitrogens is 2. The Morgan fingerprint density at radius 1 is 0.467 bits per heavy atom. The fourth-order valence-corrected chi connectivity index (χ4v) is 6.55. The number of hydrogen-bond donors (Lipinski definition) is 0. The van der Waals surface area contributed by atoms with Gasteiger partial charge in [-0.2, -0.15) is 0 Å². The molecule has 6 aromatic carbocycles. The second kappa shape index (κ2) is 10.6. The van der Waals surface area contributed by atoms with Gasteiger partial charge in [0.1, 0.15) is 0 Å². The fraction of sp³-hybridized carbons (Fsp3) is 0.0930. The summed E-state index contributed by atoms with van der Waals surface area (Å²) in [5, 5.41) is 3.69. The van der Waals surface area contributed by atoms with Crippen molar-refractivity contribution in [1.29, 1.82) is 0 Å². The number of pyridine rings is 1. The van der Waals surface area contributed by atoms with Crippen LogP contribution in [0, 0.1) is 0 Å². The van der Waals surface area contributed by atoms with E-state index >= 15 is 0 Å². The number of hydrogen-bond acceptors (Lipinski definition) is 1. The summed E-state index contributed by atoms with van der Waals surface area (Å²) in [5.41, 5.74) is 12.9. The lowest BCUT2D eigenvalue weighted by Crippen LogP contribution is -2.10. The molecule has 2 heteroatoms. The third kappa shape index (κ3) is 4.80. The zero-order chi connectivity index (χ0) is 30.5. The van der Waals surface area contributed by atoms with Crippen LogP contribution >= 0.6 is 0 Å². The number of para-hydroxylation sites is 2. The van der Waals surface area contributed by atoms with Crippen LogP contribution in [0.2, 0.25) is 0 Å². The molecule has 45 heavy (non-hydrogen) atoms. The van der Waals surface area contributed by atoms with Gasteiger partial charge in [0, 0.05) is 27.4 Å². The van der Waals surface area contributed by atoms with E-state index in [-0.39, 0.29) is 5.41 Å². The molecule has 0 saturated carbocycles. The van der Waals surface area contributed by atoms with Crippen LogP contribution in [0.5, 0.6) is 0 Å². The summed E-state index contributed by atoms with van der Waals surface area (Å²) in [6.45, 7) is 6.77. The van der Waals surface area contributed by atoms with E-state index < -0.39 is 0 Å². The molecule has 8 aromatic rings. The highest BCUT2D eigenvalue weighted by Gasteiger charge is 2.16. The molecule has 0 aliphatic heterocycles. The normalized spacial score (nSPS) is 11.9. The zero-order valence-corrected chi connectivity index (χ0v) is 25.8. The molecule has 0 fully saturated rings. The lowest BCUT2D eigenvalue weighted by molar-refractivity contribution is 0.590. The van der Waals surface area contributed by atoms with Gasteiger partial charge in [0.2, 0.25) is 0 Å². The van der Waals surface area contributed by atoms with Crippen molar-refractivity contribution in [3.63, 3.8) is 0 Å². The Labute approximate surface area is 264 Å². The summed E-state index contributed by atoms with van der Waals surface area (Å²) < 4.78 is 2.35. The first-order valence-corrected chi connectivity index (χ1v) is 15.6. The highest BCUT2D eigenvalue weighted by atomic mass is 15.0. The molecule has 0 unspecified atom stereocenters. The molecule has 0 aliphatic rings. The largest absolute Gasteiger partial charge is 0.309 e. The SMILES string of the molecule is CC(C)(C)c1ccc(-c2ccc3nc(-c4ccc(-n5c6ccccc6c6ccccc65)cc4)cc(-c4ccccc4)c3c2)cc1. The van der Waals surface area contributed by atoms with Crippen LogP contribution in [0.3, 0.4) is 0 Å². The van der Waals surface area contributed by atoms with E-state index in [1.807, 2.05) is 0 Å². The maximum absolute atomic E-state index is 5.20. The van der Waals surface area contributed by atoms with Crippen molar-refractivity contribution in [1.82, 2.24) is 9.55 Å². The van der Waals surface area contributed by atoms with Gasteiger partial charge in [-0.1, -0.05) is 130 Å². The third-order valence-corrected chi connectivity index (χ3v) is 8.98. The molecular weight excluding hydrogens is 544 g/mol. The molecule has 0 N–H and O–H groups in total. The van der Waals surface area contributed by atoms with E-state index in [0.717, 1.165) is 27.8 Å². The van der Waals surface area contributed by atoms with E-state index in [1.54, 1.807) is 0 Å². The highest BCUT2D eigenvalue weighted by Crippen LogP contribution is 2.36. The summed E-state index contributed by atoms with van der Waals surface area (Å²) in [4.78, 5) is 5.20. The molecule has 2 aromatic heterocycles. The second-order valence-electron chi connectivity index (χ2n) is 12.9. The predicted molar refractivity (Wildman–Crippen MR) is 191 cm³/mol. The molecule has 0 saturated heterocycles. The van der Waals surface area contributed by atoms with Crippen LogP contribution in [0.15, 0.2) is 152 Å². The standard InChI is InChI=1S/C43H34N2/c1-43(2,3)33-22-17-29(18-23-33)32-21-26-39-38(27-32)37(30-11-5-4-6-12-30)28-40(44-39)31-19-24-34(25-20-31)45-41-15-9-7-13-35(41)36-14-8-10-16-42(36)45/h4-28H,1-3H3. The molecule has 0 atom stereocenters. The van der Waals surface area contributed by atoms with E-state index in [2.05, 4.69) is 177 Å². The zero-order valence-electron chi connectivity index (χ0n) is 25.8. The first-order valence-electron chi connectivity index (χ1n) is 15.6. The Balaban J connectivity index is 1.23. The van der Waals surface area contributed by atoms with Gasteiger partial charge in [-0.05, 0) is 75.7 Å². The van der Waals surface area contributed by atoms with Gasteiger partial charge in [0.05, 0.1) is 22.2 Å². The molecule has 8 rings (SSSR count). The Morgan fingerprint density at radius 3 is 1.69 bits per heavy atom. The lowest BCUT2D eigenvalue weighted by Gasteiger charge is -2.19. The number of fused-ring (bicyclic) bond motifs is 4. The summed E-state index contributed by atoms with van der Waals surface area (Å²) in [7, 11) is 0. The van der Waals surface area contributed by atoms with E-state index in [1.165, 1.54) is 49.6 Å². The van der Waals surface area contributed by atoms with Gasteiger partial charge in [0.15, 0.2) is 0 Å². The van der Waals surface area contributed by atoms with Gasteiger partial charge in [-0.15, -0.1) is 0 Å². The molecular formula is C43H34N2. The number of benzene rings is 6. The Kier molecular flexibility index (Phi) is 6.39. The van der Waals surface area contributed by atoms with Crippen LogP contribution in [-0.4, -0.2) is 9.55 Å². The molecule has 216 valence electrons. The van der Waals surface area contributed by atoms with Crippen molar-refractivity contribution in [3.8, 4) is 39.2 Å². The van der Waals surface area contributed by atoms with Crippen LogP contribution < -0.4 is 0 Å². The van der Waals surface area contributed by atoms with Crippen LogP contribution in [-0.2, 0) is 5.41 Å². The van der Waals surface area contributed by atoms with Gasteiger partial charge in [-0.3, -0.25) is 0 Å². The second-order valence-corrected chi connectivity index (χ2v) is 12.9. The van der Waals surface area contributed by atoms with Gasteiger partial charge in [0.25, 0.3) is 0 Å². The Hall–Kier alpha value is -5.47. The summed E-state index contributed by atoms with van der Waals surface area (Å²) in [6, 6.07) is 54.7. The molecule has 0 amide bonds. The highest BCUT2D eigenvalue weighted by molar-refractivity contribution is 6.09. The molecule has 0 spiro atoms. The van der Waals surface area contributed by atoms with Crippen molar-refractivity contribution >= 4 is 32.7 Å². The predicted octanol–water partition coefficient (Wildman–Crippen LogP) is 11.6. The van der Waals surface area contributed by atoms with E-state index in [9.17, 15) is 0 Å². The molecule has 0 bridgehead atoms. The average molecular weight is 579 g/mol. The van der Waals surface area contributed by atoms with Crippen LogP contribution in [0.25, 0.3) is 71.9 Å². The minimum atomic E-state index is 0.129. The fourth-order valence-electron chi connectivity index (χ4n) is 6.55. The van der Waals surface area contributed by atoms with Gasteiger partial charge < -0.3 is 4.57 Å². The third-order valence-electron chi connectivity index (χ3n) is 8.98. The Morgan fingerprint density at radius 2 is 1.04 bits per heavy atom. The molecule has 0 aliphatic carbocycles. The monoisotopic (exact) mass is 578 g/mol. The first-order chi connectivity index (χ1) is 21.9.